The van der Waals surface area contributed by atoms with Crippen LogP contribution < -0.4 is 11.2 Å². The maximum absolute atomic E-state index is 11.2. The Morgan fingerprint density at radius 2 is 2.23 bits per heavy atom. The van der Waals surface area contributed by atoms with Crippen LogP contribution in [0.4, 0.5) is 0 Å². The quantitative estimate of drug-likeness (QED) is 0.681. The van der Waals surface area contributed by atoms with E-state index in [2.05, 4.69) is 15.0 Å². The van der Waals surface area contributed by atoms with Gasteiger partial charge >= 0.3 is 5.69 Å². The number of hydrogen-bond acceptors (Lipinski definition) is 4. The Hall–Kier alpha value is -1.69. The maximum atomic E-state index is 11.2. The molecule has 0 atom stereocenters. The molecule has 0 aromatic carbocycles. The molecule has 2 rings (SSSR count). The standard InChI is InChI=1S/C7H5N3O2S/c11-5-4(3-9-7(12)10-5)6-8-1-2-13-6/h1-3H,(H2,9,10,11,12). The maximum Gasteiger partial charge on any atom is 0.325 e. The molecule has 0 radical (unpaired) electrons. The molecule has 0 aliphatic carbocycles. The van der Waals surface area contributed by atoms with Crippen molar-refractivity contribution in [1.29, 1.82) is 0 Å². The first-order valence-corrected chi connectivity index (χ1v) is 4.37. The first kappa shape index (κ1) is 7.93. The van der Waals surface area contributed by atoms with Crippen molar-refractivity contribution >= 4 is 11.3 Å². The SMILES string of the molecule is O=c1[nH]cc(-c2nccs2)c(=O)[nH]1. The molecule has 0 amide bonds. The Bertz CT molecular complexity index is 511. The molecule has 0 saturated heterocycles. The third kappa shape index (κ3) is 1.43. The highest BCUT2D eigenvalue weighted by Gasteiger charge is 2.04. The van der Waals surface area contributed by atoms with Gasteiger partial charge in [-0.05, 0) is 0 Å². The van der Waals surface area contributed by atoms with Gasteiger partial charge in [0, 0.05) is 17.8 Å². The average molecular weight is 195 g/mol. The van der Waals surface area contributed by atoms with Crippen LogP contribution in [-0.4, -0.2) is 15.0 Å². The topological polar surface area (TPSA) is 78.6 Å². The lowest BCUT2D eigenvalue weighted by atomic mass is 10.3. The normalized spacial score (nSPS) is 10.2. The Morgan fingerprint density at radius 1 is 1.38 bits per heavy atom. The highest BCUT2D eigenvalue weighted by molar-refractivity contribution is 7.13. The summed E-state index contributed by atoms with van der Waals surface area (Å²) in [6.45, 7) is 0. The zero-order chi connectivity index (χ0) is 9.26. The third-order valence-electron chi connectivity index (χ3n) is 1.48. The summed E-state index contributed by atoms with van der Waals surface area (Å²) in [7, 11) is 0. The van der Waals surface area contributed by atoms with E-state index in [4.69, 9.17) is 0 Å². The second kappa shape index (κ2) is 2.98. The van der Waals surface area contributed by atoms with E-state index in [1.807, 2.05) is 0 Å². The molecule has 0 saturated carbocycles. The Balaban J connectivity index is 2.67. The van der Waals surface area contributed by atoms with E-state index < -0.39 is 11.2 Å². The second-order valence-electron chi connectivity index (χ2n) is 2.32. The van der Waals surface area contributed by atoms with Crippen molar-refractivity contribution in [2.75, 3.05) is 0 Å². The summed E-state index contributed by atoms with van der Waals surface area (Å²) >= 11 is 1.34. The van der Waals surface area contributed by atoms with Crippen LogP contribution in [0, 0.1) is 0 Å². The molecule has 6 heteroatoms. The van der Waals surface area contributed by atoms with Crippen LogP contribution in [0.3, 0.4) is 0 Å². The van der Waals surface area contributed by atoms with Crippen LogP contribution >= 0.6 is 11.3 Å². The molecule has 0 aliphatic heterocycles. The fourth-order valence-electron chi connectivity index (χ4n) is 0.925. The van der Waals surface area contributed by atoms with E-state index in [0.29, 0.717) is 10.6 Å². The number of H-pyrrole nitrogens is 2. The largest absolute Gasteiger partial charge is 0.325 e. The van der Waals surface area contributed by atoms with Crippen molar-refractivity contribution in [3.63, 3.8) is 0 Å². The van der Waals surface area contributed by atoms with Gasteiger partial charge in [-0.15, -0.1) is 11.3 Å². The predicted molar refractivity (Wildman–Crippen MR) is 48.8 cm³/mol. The van der Waals surface area contributed by atoms with Gasteiger partial charge in [0.25, 0.3) is 5.56 Å². The zero-order valence-electron chi connectivity index (χ0n) is 6.40. The Kier molecular flexibility index (Phi) is 1.82. The first-order valence-electron chi connectivity index (χ1n) is 3.49. The van der Waals surface area contributed by atoms with Gasteiger partial charge in [-0.1, -0.05) is 0 Å². The fraction of sp³-hybridized carbons (Fsp3) is 0. The number of nitrogens with one attached hydrogen (secondary N) is 2. The molecule has 2 N–H and O–H groups in total. The van der Waals surface area contributed by atoms with Crippen molar-refractivity contribution in [3.8, 4) is 10.6 Å². The summed E-state index contributed by atoms with van der Waals surface area (Å²) in [6.07, 6.45) is 2.96. The van der Waals surface area contributed by atoms with E-state index in [1.54, 1.807) is 11.6 Å². The van der Waals surface area contributed by atoms with Gasteiger partial charge in [0.2, 0.25) is 0 Å². The van der Waals surface area contributed by atoms with Gasteiger partial charge < -0.3 is 4.98 Å². The van der Waals surface area contributed by atoms with E-state index in [1.165, 1.54) is 17.5 Å². The molecule has 0 unspecified atom stereocenters. The van der Waals surface area contributed by atoms with Crippen LogP contribution in [0.1, 0.15) is 0 Å². The smallest absolute Gasteiger partial charge is 0.313 e. The van der Waals surface area contributed by atoms with Crippen molar-refractivity contribution < 1.29 is 0 Å². The molecule has 0 bridgehead atoms. The number of aromatic nitrogens is 3. The highest BCUT2D eigenvalue weighted by Crippen LogP contribution is 2.15. The molecule has 13 heavy (non-hydrogen) atoms. The molecular formula is C7H5N3O2S. The summed E-state index contributed by atoms with van der Waals surface area (Å²) in [5, 5.41) is 2.36. The number of thiazole rings is 1. The van der Waals surface area contributed by atoms with Crippen molar-refractivity contribution in [3.05, 3.63) is 38.6 Å². The van der Waals surface area contributed by atoms with Crippen molar-refractivity contribution in [2.45, 2.75) is 0 Å². The summed E-state index contributed by atoms with van der Waals surface area (Å²) < 4.78 is 0. The van der Waals surface area contributed by atoms with Crippen molar-refractivity contribution in [2.24, 2.45) is 0 Å². The van der Waals surface area contributed by atoms with Gasteiger partial charge in [-0.3, -0.25) is 9.78 Å². The lowest BCUT2D eigenvalue weighted by molar-refractivity contribution is 1.04. The van der Waals surface area contributed by atoms with Crippen LogP contribution in [-0.2, 0) is 0 Å². The third-order valence-corrected chi connectivity index (χ3v) is 2.29. The molecule has 5 nitrogen and oxygen atoms in total. The van der Waals surface area contributed by atoms with Crippen molar-refractivity contribution in [1.82, 2.24) is 15.0 Å². The summed E-state index contributed by atoms with van der Waals surface area (Å²) in [6, 6.07) is 0. The molecule has 2 aromatic rings. The van der Waals surface area contributed by atoms with Gasteiger partial charge in [0.15, 0.2) is 0 Å². The summed E-state index contributed by atoms with van der Waals surface area (Å²) in [5.41, 5.74) is -0.543. The minimum Gasteiger partial charge on any atom is -0.313 e. The van der Waals surface area contributed by atoms with Gasteiger partial charge in [0.05, 0.1) is 5.56 Å². The van der Waals surface area contributed by atoms with Gasteiger partial charge in [-0.25, -0.2) is 9.78 Å². The van der Waals surface area contributed by atoms with Crippen LogP contribution in [0.25, 0.3) is 10.6 Å². The minimum absolute atomic E-state index is 0.384. The number of rotatable bonds is 1. The average Bonchev–Trinajstić information content (AvgIpc) is 2.56. The predicted octanol–water partition coefficient (Wildman–Crippen LogP) is 0.187. The van der Waals surface area contributed by atoms with E-state index in [0.717, 1.165) is 0 Å². The molecule has 0 fully saturated rings. The lowest BCUT2D eigenvalue weighted by Crippen LogP contribution is -2.22. The van der Waals surface area contributed by atoms with E-state index in [-0.39, 0.29) is 0 Å². The van der Waals surface area contributed by atoms with E-state index >= 15 is 0 Å². The molecule has 66 valence electrons. The first-order chi connectivity index (χ1) is 6.27. The summed E-state index contributed by atoms with van der Waals surface area (Å²) in [5.74, 6) is 0. The number of aromatic amines is 2. The van der Waals surface area contributed by atoms with Gasteiger partial charge in [0.1, 0.15) is 5.01 Å². The zero-order valence-corrected chi connectivity index (χ0v) is 7.22. The van der Waals surface area contributed by atoms with Crippen LogP contribution in [0.15, 0.2) is 27.4 Å². The second-order valence-corrected chi connectivity index (χ2v) is 3.22. The summed E-state index contributed by atoms with van der Waals surface area (Å²) in [4.78, 5) is 30.4. The molecular weight excluding hydrogens is 190 g/mol. The highest BCUT2D eigenvalue weighted by atomic mass is 32.1. The molecule has 2 aromatic heterocycles. The molecule has 0 spiro atoms. The molecule has 0 aliphatic rings. The molecule has 2 heterocycles. The van der Waals surface area contributed by atoms with Crippen LogP contribution in [0.2, 0.25) is 0 Å². The minimum atomic E-state index is -0.509. The Labute approximate surface area is 76.1 Å². The number of nitrogens with zero attached hydrogens (tertiary/aromatic N) is 1. The van der Waals surface area contributed by atoms with Gasteiger partial charge in [-0.2, -0.15) is 0 Å². The number of hydrogen-bond donors (Lipinski definition) is 2. The monoisotopic (exact) mass is 195 g/mol. The van der Waals surface area contributed by atoms with E-state index in [9.17, 15) is 9.59 Å². The fourth-order valence-corrected chi connectivity index (χ4v) is 1.58. The van der Waals surface area contributed by atoms with Crippen LogP contribution in [0.5, 0.6) is 0 Å². The Morgan fingerprint density at radius 3 is 2.85 bits per heavy atom. The lowest BCUT2D eigenvalue weighted by Gasteiger charge is -1.91.